The van der Waals surface area contributed by atoms with Crippen LogP contribution in [0.2, 0.25) is 0 Å². The molecule has 10 nitrogen and oxygen atoms in total. The number of anilines is 1. The summed E-state index contributed by atoms with van der Waals surface area (Å²) in [6.07, 6.45) is 2.89. The van der Waals surface area contributed by atoms with E-state index >= 15 is 0 Å². The topological polar surface area (TPSA) is 141 Å². The highest BCUT2D eigenvalue weighted by Gasteiger charge is 2.29. The number of benzene rings is 1. The maximum absolute atomic E-state index is 13.2. The summed E-state index contributed by atoms with van der Waals surface area (Å²) in [5.74, 6) is -1.16. The molecule has 31 heavy (non-hydrogen) atoms. The number of aromatic nitrogens is 2. The van der Waals surface area contributed by atoms with Crippen LogP contribution in [-0.2, 0) is 21.4 Å². The molecular weight excluding hydrogens is 420 g/mol. The molecule has 2 aromatic rings. The van der Waals surface area contributed by atoms with E-state index in [4.69, 9.17) is 5.73 Å². The summed E-state index contributed by atoms with van der Waals surface area (Å²) in [7, 11) is -0.891. The van der Waals surface area contributed by atoms with Crippen LogP contribution in [0.5, 0.6) is 0 Å². The lowest BCUT2D eigenvalue weighted by Crippen LogP contribution is -2.44. The van der Waals surface area contributed by atoms with E-state index in [2.05, 4.69) is 15.3 Å². The molecule has 0 unspecified atom stereocenters. The Balaban J connectivity index is 1.93. The number of amides is 2. The van der Waals surface area contributed by atoms with Crippen LogP contribution in [-0.4, -0.2) is 66.6 Å². The number of aromatic amines is 1. The number of imidazole rings is 1. The van der Waals surface area contributed by atoms with Gasteiger partial charge in [-0.2, -0.15) is 0 Å². The van der Waals surface area contributed by atoms with E-state index in [-0.39, 0.29) is 22.9 Å². The number of hydrogen-bond donors (Lipinski definition) is 3. The van der Waals surface area contributed by atoms with Crippen LogP contribution >= 0.6 is 0 Å². The van der Waals surface area contributed by atoms with Crippen molar-refractivity contribution in [1.82, 2.24) is 19.2 Å². The van der Waals surface area contributed by atoms with Gasteiger partial charge in [-0.15, -0.1) is 0 Å². The number of sulfonamides is 1. The maximum atomic E-state index is 13.2. The van der Waals surface area contributed by atoms with Crippen molar-refractivity contribution in [2.75, 3.05) is 32.5 Å². The summed E-state index contributed by atoms with van der Waals surface area (Å²) >= 11 is 0. The van der Waals surface area contributed by atoms with Crippen LogP contribution in [0.25, 0.3) is 0 Å². The van der Waals surface area contributed by atoms with Gasteiger partial charge in [-0.1, -0.05) is 0 Å². The van der Waals surface area contributed by atoms with Gasteiger partial charge in [-0.05, 0) is 38.0 Å². The van der Waals surface area contributed by atoms with Gasteiger partial charge in [0.05, 0.1) is 29.4 Å². The Morgan fingerprint density at radius 2 is 2.06 bits per heavy atom. The van der Waals surface area contributed by atoms with Gasteiger partial charge in [0.25, 0.3) is 5.91 Å². The lowest BCUT2D eigenvalue weighted by Gasteiger charge is -2.31. The molecule has 0 aliphatic carbocycles. The lowest BCUT2D eigenvalue weighted by atomic mass is 9.97. The summed E-state index contributed by atoms with van der Waals surface area (Å²) in [6.45, 7) is 2.97. The van der Waals surface area contributed by atoms with Crippen molar-refractivity contribution in [1.29, 1.82) is 0 Å². The first-order chi connectivity index (χ1) is 14.6. The number of H-pyrrole nitrogens is 1. The third-order valence-electron chi connectivity index (χ3n) is 5.44. The number of hydrogen-bond acceptors (Lipinski definition) is 6. The molecule has 168 valence electrons. The monoisotopic (exact) mass is 448 g/mol. The minimum atomic E-state index is -3.76. The van der Waals surface area contributed by atoms with Gasteiger partial charge in [0.2, 0.25) is 15.9 Å². The molecule has 11 heteroatoms. The first-order valence-electron chi connectivity index (χ1n) is 9.98. The van der Waals surface area contributed by atoms with Crippen LogP contribution in [0, 0.1) is 12.8 Å². The standard InChI is InChI=1S/C20H28N6O4S/c1-13-18(24-12-23-13)10-22-16-7-15(8-17(9-16)31(29,30)25(2)3)20(28)26-6-4-5-14(11-26)19(21)27/h7-9,12,14,22H,4-6,10-11H2,1-3H3,(H2,21,27)(H,23,24)/t14-/m1/s1. The van der Waals surface area contributed by atoms with Gasteiger partial charge in [0.15, 0.2) is 0 Å². The first kappa shape index (κ1) is 22.8. The lowest BCUT2D eigenvalue weighted by molar-refractivity contribution is -0.123. The minimum absolute atomic E-state index is 0.00746. The van der Waals surface area contributed by atoms with Crippen molar-refractivity contribution in [3.63, 3.8) is 0 Å². The average molecular weight is 449 g/mol. The Morgan fingerprint density at radius 3 is 2.68 bits per heavy atom. The number of carbonyl (C=O) groups excluding carboxylic acids is 2. The molecule has 2 amide bonds. The smallest absolute Gasteiger partial charge is 0.253 e. The Hall–Kier alpha value is -2.92. The summed E-state index contributed by atoms with van der Waals surface area (Å²) in [6, 6.07) is 4.49. The number of rotatable bonds is 7. The van der Waals surface area contributed by atoms with E-state index in [1.807, 2.05) is 6.92 Å². The van der Waals surface area contributed by atoms with Crippen molar-refractivity contribution in [2.45, 2.75) is 31.2 Å². The number of carbonyl (C=O) groups is 2. The highest BCUT2D eigenvalue weighted by molar-refractivity contribution is 7.89. The number of likely N-dealkylation sites (tertiary alicyclic amines) is 1. The van der Waals surface area contributed by atoms with Gasteiger partial charge in [-0.3, -0.25) is 9.59 Å². The molecular formula is C20H28N6O4S. The number of piperidine rings is 1. The molecule has 1 fully saturated rings. The SMILES string of the molecule is Cc1[nH]cnc1CNc1cc(C(=O)N2CCC[C@@H](C(N)=O)C2)cc(S(=O)(=O)N(C)C)c1. The zero-order valence-corrected chi connectivity index (χ0v) is 18.7. The second-order valence-corrected chi connectivity index (χ2v) is 10.0. The molecule has 1 aromatic carbocycles. The van der Waals surface area contributed by atoms with Crippen molar-refractivity contribution < 1.29 is 18.0 Å². The molecule has 0 radical (unpaired) electrons. The van der Waals surface area contributed by atoms with Gasteiger partial charge >= 0.3 is 0 Å². The van der Waals surface area contributed by atoms with Gasteiger partial charge in [0.1, 0.15) is 0 Å². The number of aryl methyl sites for hydroxylation is 1. The molecule has 0 spiro atoms. The predicted octanol–water partition coefficient (Wildman–Crippen LogP) is 0.918. The van der Waals surface area contributed by atoms with E-state index in [1.54, 1.807) is 17.3 Å². The zero-order valence-electron chi connectivity index (χ0n) is 17.9. The molecule has 0 bridgehead atoms. The molecule has 2 heterocycles. The van der Waals surface area contributed by atoms with Crippen molar-refractivity contribution in [2.24, 2.45) is 11.7 Å². The normalized spacial score (nSPS) is 17.0. The number of nitrogens with zero attached hydrogens (tertiary/aromatic N) is 3. The van der Waals surface area contributed by atoms with Gasteiger partial charge in [0, 0.05) is 44.1 Å². The second kappa shape index (κ2) is 9.06. The fraction of sp³-hybridized carbons (Fsp3) is 0.450. The highest BCUT2D eigenvalue weighted by atomic mass is 32.2. The fourth-order valence-electron chi connectivity index (χ4n) is 3.51. The molecule has 1 aliphatic rings. The minimum Gasteiger partial charge on any atom is -0.379 e. The van der Waals surface area contributed by atoms with E-state index in [0.717, 1.165) is 15.7 Å². The average Bonchev–Trinajstić information content (AvgIpc) is 3.16. The van der Waals surface area contributed by atoms with Crippen LogP contribution in [0.4, 0.5) is 5.69 Å². The third kappa shape index (κ3) is 5.05. The summed E-state index contributed by atoms with van der Waals surface area (Å²) in [5.41, 5.74) is 7.82. The molecule has 1 aliphatic heterocycles. The molecule has 3 rings (SSSR count). The van der Waals surface area contributed by atoms with E-state index in [9.17, 15) is 18.0 Å². The predicted molar refractivity (Wildman–Crippen MR) is 116 cm³/mol. The molecule has 4 N–H and O–H groups in total. The van der Waals surface area contributed by atoms with E-state index in [1.165, 1.54) is 26.2 Å². The fourth-order valence-corrected chi connectivity index (χ4v) is 4.49. The zero-order chi connectivity index (χ0) is 22.8. The Labute approximate surface area is 181 Å². The van der Waals surface area contributed by atoms with Crippen molar-refractivity contribution in [3.05, 3.63) is 41.5 Å². The number of primary amides is 1. The van der Waals surface area contributed by atoms with Crippen molar-refractivity contribution in [3.8, 4) is 0 Å². The maximum Gasteiger partial charge on any atom is 0.253 e. The first-order valence-corrected chi connectivity index (χ1v) is 11.4. The van der Waals surface area contributed by atoms with Gasteiger partial charge in [-0.25, -0.2) is 17.7 Å². The van der Waals surface area contributed by atoms with Crippen molar-refractivity contribution >= 4 is 27.5 Å². The highest BCUT2D eigenvalue weighted by Crippen LogP contribution is 2.25. The summed E-state index contributed by atoms with van der Waals surface area (Å²) < 4.78 is 26.6. The number of nitrogens with two attached hydrogens (primary N) is 1. The van der Waals surface area contributed by atoms with Crippen LogP contribution in [0.3, 0.4) is 0 Å². The van der Waals surface area contributed by atoms with E-state index < -0.39 is 21.8 Å². The summed E-state index contributed by atoms with van der Waals surface area (Å²) in [5, 5.41) is 3.15. The number of nitrogens with one attached hydrogen (secondary N) is 2. The Bertz CT molecular complexity index is 1080. The summed E-state index contributed by atoms with van der Waals surface area (Å²) in [4.78, 5) is 33.5. The Morgan fingerprint density at radius 1 is 1.32 bits per heavy atom. The largest absolute Gasteiger partial charge is 0.379 e. The molecule has 1 saturated heterocycles. The van der Waals surface area contributed by atoms with E-state index in [0.29, 0.717) is 31.6 Å². The molecule has 1 aromatic heterocycles. The quantitative estimate of drug-likeness (QED) is 0.575. The van der Waals surface area contributed by atoms with Crippen LogP contribution in [0.1, 0.15) is 34.6 Å². The molecule has 1 atom stereocenters. The Kier molecular flexibility index (Phi) is 6.65. The van der Waals surface area contributed by atoms with Gasteiger partial charge < -0.3 is 20.9 Å². The van der Waals surface area contributed by atoms with Crippen LogP contribution < -0.4 is 11.1 Å². The molecule has 0 saturated carbocycles. The third-order valence-corrected chi connectivity index (χ3v) is 7.23. The second-order valence-electron chi connectivity index (χ2n) is 7.85. The van der Waals surface area contributed by atoms with Crippen LogP contribution in [0.15, 0.2) is 29.4 Å².